The molecule has 2 heterocycles. The molecule has 0 radical (unpaired) electrons. The number of rotatable bonds is 6. The molecular formula is C23H31N5O2. The van der Waals surface area contributed by atoms with E-state index in [0.29, 0.717) is 39.0 Å². The average Bonchev–Trinajstić information content (AvgIpc) is 2.96. The van der Waals surface area contributed by atoms with Crippen LogP contribution >= 0.6 is 0 Å². The maximum atomic E-state index is 12.9. The van der Waals surface area contributed by atoms with Crippen molar-refractivity contribution < 1.29 is 9.59 Å². The van der Waals surface area contributed by atoms with E-state index in [2.05, 4.69) is 9.97 Å². The van der Waals surface area contributed by atoms with Gasteiger partial charge in [-0.15, -0.1) is 0 Å². The number of hydrogen-bond donors (Lipinski definition) is 0. The van der Waals surface area contributed by atoms with E-state index in [1.165, 1.54) is 5.56 Å². The fourth-order valence-electron chi connectivity index (χ4n) is 3.84. The summed E-state index contributed by atoms with van der Waals surface area (Å²) in [5.41, 5.74) is 2.10. The van der Waals surface area contributed by atoms with Crippen LogP contribution in [0.1, 0.15) is 24.6 Å². The van der Waals surface area contributed by atoms with E-state index in [9.17, 15) is 9.59 Å². The lowest BCUT2D eigenvalue weighted by molar-refractivity contribution is -0.132. The number of nitrogens with zero attached hydrogens (tertiary/aromatic N) is 5. The van der Waals surface area contributed by atoms with Crippen LogP contribution in [0.4, 0.5) is 5.82 Å². The molecule has 160 valence electrons. The second-order valence-electron chi connectivity index (χ2n) is 8.12. The average molecular weight is 410 g/mol. The van der Waals surface area contributed by atoms with Crippen molar-refractivity contribution in [3.63, 3.8) is 0 Å². The predicted octanol–water partition coefficient (Wildman–Crippen LogP) is 2.02. The standard InChI is InChI=1S/C23H31N5O2/c1-18(29)27-11-12-28(23(30)10-9-19-7-5-4-6-8-19)16-20(15-27)13-21-14-22(26(2)3)25-17-24-21/h4-8,14,17,20H,9-13,15-16H2,1-3H3/t20-/m1/s1. The third-order valence-corrected chi connectivity index (χ3v) is 5.53. The van der Waals surface area contributed by atoms with Gasteiger partial charge in [0.15, 0.2) is 0 Å². The van der Waals surface area contributed by atoms with Crippen molar-refractivity contribution in [3.8, 4) is 0 Å². The molecule has 0 saturated carbocycles. The van der Waals surface area contributed by atoms with E-state index in [0.717, 1.165) is 17.9 Å². The Labute approximate surface area is 178 Å². The second-order valence-corrected chi connectivity index (χ2v) is 8.12. The zero-order valence-electron chi connectivity index (χ0n) is 18.1. The predicted molar refractivity (Wildman–Crippen MR) is 117 cm³/mol. The molecule has 3 rings (SSSR count). The quantitative estimate of drug-likeness (QED) is 0.730. The van der Waals surface area contributed by atoms with E-state index >= 15 is 0 Å². The monoisotopic (exact) mass is 409 g/mol. The molecule has 7 nitrogen and oxygen atoms in total. The summed E-state index contributed by atoms with van der Waals surface area (Å²) in [4.78, 5) is 39.4. The highest BCUT2D eigenvalue weighted by molar-refractivity contribution is 5.77. The third-order valence-electron chi connectivity index (χ3n) is 5.53. The van der Waals surface area contributed by atoms with Crippen LogP contribution in [0, 0.1) is 5.92 Å². The highest BCUT2D eigenvalue weighted by Crippen LogP contribution is 2.18. The van der Waals surface area contributed by atoms with Gasteiger partial charge >= 0.3 is 0 Å². The Bertz CT molecular complexity index is 856. The van der Waals surface area contributed by atoms with Crippen molar-refractivity contribution in [2.75, 3.05) is 45.2 Å². The van der Waals surface area contributed by atoms with Crippen molar-refractivity contribution in [3.05, 3.63) is 54.0 Å². The molecule has 1 aliphatic rings. The third kappa shape index (κ3) is 6.02. The van der Waals surface area contributed by atoms with E-state index < -0.39 is 0 Å². The van der Waals surface area contributed by atoms with Crippen molar-refractivity contribution in [1.29, 1.82) is 0 Å². The number of aromatic nitrogens is 2. The van der Waals surface area contributed by atoms with Crippen LogP contribution in [0.3, 0.4) is 0 Å². The minimum atomic E-state index is 0.0512. The van der Waals surface area contributed by atoms with Crippen molar-refractivity contribution >= 4 is 17.6 Å². The molecule has 1 aromatic heterocycles. The Kier molecular flexibility index (Phi) is 7.38. The molecule has 2 aromatic rings. The summed E-state index contributed by atoms with van der Waals surface area (Å²) >= 11 is 0. The summed E-state index contributed by atoms with van der Waals surface area (Å²) in [6.07, 6.45) is 3.49. The molecule has 1 fully saturated rings. The Morgan fingerprint density at radius 3 is 2.47 bits per heavy atom. The van der Waals surface area contributed by atoms with Crippen LogP contribution in [0.5, 0.6) is 0 Å². The van der Waals surface area contributed by atoms with Gasteiger partial charge < -0.3 is 14.7 Å². The summed E-state index contributed by atoms with van der Waals surface area (Å²) in [5.74, 6) is 1.19. The lowest BCUT2D eigenvalue weighted by atomic mass is 10.0. The van der Waals surface area contributed by atoms with Crippen LogP contribution < -0.4 is 4.90 Å². The van der Waals surface area contributed by atoms with Crippen molar-refractivity contribution in [2.45, 2.75) is 26.2 Å². The van der Waals surface area contributed by atoms with Crippen LogP contribution in [0.25, 0.3) is 0 Å². The van der Waals surface area contributed by atoms with E-state index in [4.69, 9.17) is 0 Å². The molecule has 1 saturated heterocycles. The van der Waals surface area contributed by atoms with Crippen LogP contribution in [0.15, 0.2) is 42.7 Å². The zero-order valence-corrected chi connectivity index (χ0v) is 18.1. The first-order valence-electron chi connectivity index (χ1n) is 10.5. The molecular weight excluding hydrogens is 378 g/mol. The highest BCUT2D eigenvalue weighted by Gasteiger charge is 2.27. The first kappa shape index (κ1) is 21.7. The smallest absolute Gasteiger partial charge is 0.222 e. The van der Waals surface area contributed by atoms with E-state index in [-0.39, 0.29) is 17.7 Å². The van der Waals surface area contributed by atoms with Gasteiger partial charge in [-0.05, 0) is 24.3 Å². The maximum absolute atomic E-state index is 12.9. The number of aryl methyl sites for hydroxylation is 1. The molecule has 1 atom stereocenters. The first-order valence-corrected chi connectivity index (χ1v) is 10.5. The van der Waals surface area contributed by atoms with E-state index in [1.807, 2.05) is 65.2 Å². The SMILES string of the molecule is CC(=O)N1CCN(C(=O)CCc2ccccc2)C[C@H](Cc2cc(N(C)C)ncn2)C1. The fourth-order valence-corrected chi connectivity index (χ4v) is 3.84. The normalized spacial score (nSPS) is 16.8. The lowest BCUT2D eigenvalue weighted by Gasteiger charge is -2.24. The number of benzene rings is 1. The van der Waals surface area contributed by atoms with Gasteiger partial charge in [0.1, 0.15) is 12.1 Å². The maximum Gasteiger partial charge on any atom is 0.222 e. The van der Waals surface area contributed by atoms with Gasteiger partial charge in [-0.3, -0.25) is 9.59 Å². The zero-order chi connectivity index (χ0) is 21.5. The van der Waals surface area contributed by atoms with Crippen LogP contribution in [-0.4, -0.2) is 71.9 Å². The van der Waals surface area contributed by atoms with Gasteiger partial charge in [0.05, 0.1) is 0 Å². The van der Waals surface area contributed by atoms with Gasteiger partial charge in [0, 0.05) is 65.4 Å². The number of hydrogen-bond acceptors (Lipinski definition) is 5. The molecule has 1 aromatic carbocycles. The molecule has 0 bridgehead atoms. The Morgan fingerprint density at radius 2 is 1.77 bits per heavy atom. The molecule has 30 heavy (non-hydrogen) atoms. The number of carbonyl (C=O) groups excluding carboxylic acids is 2. The summed E-state index contributed by atoms with van der Waals surface area (Å²) < 4.78 is 0. The van der Waals surface area contributed by atoms with Crippen molar-refractivity contribution in [1.82, 2.24) is 19.8 Å². The Hall–Kier alpha value is -2.96. The minimum absolute atomic E-state index is 0.0512. The minimum Gasteiger partial charge on any atom is -0.363 e. The largest absolute Gasteiger partial charge is 0.363 e. The molecule has 0 aliphatic carbocycles. The molecule has 1 aliphatic heterocycles. The van der Waals surface area contributed by atoms with Gasteiger partial charge in [0.2, 0.25) is 11.8 Å². The summed E-state index contributed by atoms with van der Waals surface area (Å²) in [6.45, 7) is 4.03. The van der Waals surface area contributed by atoms with Crippen LogP contribution in [-0.2, 0) is 22.4 Å². The van der Waals surface area contributed by atoms with E-state index in [1.54, 1.807) is 13.3 Å². The fraction of sp³-hybridized carbons (Fsp3) is 0.478. The Balaban J connectivity index is 1.68. The van der Waals surface area contributed by atoms with Crippen molar-refractivity contribution in [2.24, 2.45) is 5.92 Å². The topological polar surface area (TPSA) is 69.6 Å². The van der Waals surface area contributed by atoms with Gasteiger partial charge in [-0.2, -0.15) is 0 Å². The van der Waals surface area contributed by atoms with Gasteiger partial charge in [-0.1, -0.05) is 30.3 Å². The molecule has 0 spiro atoms. The van der Waals surface area contributed by atoms with Crippen LogP contribution in [0.2, 0.25) is 0 Å². The molecule has 0 unspecified atom stereocenters. The summed E-state index contributed by atoms with van der Waals surface area (Å²) in [6, 6.07) is 12.0. The molecule has 7 heteroatoms. The number of anilines is 1. The molecule has 2 amide bonds. The first-order chi connectivity index (χ1) is 14.4. The second kappa shape index (κ2) is 10.2. The highest BCUT2D eigenvalue weighted by atomic mass is 16.2. The lowest BCUT2D eigenvalue weighted by Crippen LogP contribution is -2.37. The Morgan fingerprint density at radius 1 is 1.07 bits per heavy atom. The number of carbonyl (C=O) groups is 2. The summed E-state index contributed by atoms with van der Waals surface area (Å²) in [7, 11) is 3.89. The summed E-state index contributed by atoms with van der Waals surface area (Å²) in [5, 5.41) is 0. The molecule has 0 N–H and O–H groups in total. The van der Waals surface area contributed by atoms with Gasteiger partial charge in [0.25, 0.3) is 0 Å². The van der Waals surface area contributed by atoms with Gasteiger partial charge in [-0.25, -0.2) is 9.97 Å². The number of amides is 2.